The average Bonchev–Trinajstić information content (AvgIpc) is 2.77. The predicted octanol–water partition coefficient (Wildman–Crippen LogP) is 4.35. The molecular formula is C26H37NO5. The third-order valence-electron chi connectivity index (χ3n) is 5.35. The van der Waals surface area contributed by atoms with E-state index in [4.69, 9.17) is 14.2 Å². The lowest BCUT2D eigenvalue weighted by atomic mass is 9.74. The van der Waals surface area contributed by atoms with Gasteiger partial charge in [-0.05, 0) is 60.1 Å². The summed E-state index contributed by atoms with van der Waals surface area (Å²) in [6.07, 6.45) is 8.12. The summed E-state index contributed by atoms with van der Waals surface area (Å²) in [5.74, 6) is 0.714. The van der Waals surface area contributed by atoms with Gasteiger partial charge in [-0.2, -0.15) is 0 Å². The zero-order chi connectivity index (χ0) is 23.4. The monoisotopic (exact) mass is 443 g/mol. The second-order valence-electron chi connectivity index (χ2n) is 8.59. The molecule has 0 atom stereocenters. The number of aldehydes is 1. The lowest BCUT2D eigenvalue weighted by molar-refractivity contribution is -0.104. The number of methoxy groups -OCH3 is 1. The van der Waals surface area contributed by atoms with Crippen LogP contribution in [-0.2, 0) is 19.0 Å². The molecule has 1 aliphatic carbocycles. The average molecular weight is 444 g/mol. The van der Waals surface area contributed by atoms with E-state index in [1.807, 2.05) is 0 Å². The third-order valence-corrected chi connectivity index (χ3v) is 5.35. The number of anilines is 1. The molecule has 1 N–H and O–H groups in total. The molecule has 0 radical (unpaired) electrons. The molecule has 176 valence electrons. The first-order chi connectivity index (χ1) is 15.4. The fourth-order valence-corrected chi connectivity index (χ4v) is 3.92. The van der Waals surface area contributed by atoms with Gasteiger partial charge in [-0.3, -0.25) is 4.79 Å². The van der Waals surface area contributed by atoms with E-state index in [1.54, 1.807) is 13.2 Å². The van der Waals surface area contributed by atoms with Crippen LogP contribution in [0.15, 0.2) is 53.3 Å². The Balaban J connectivity index is 2.19. The minimum atomic E-state index is -0.0653. The first kappa shape index (κ1) is 25.8. The molecule has 0 unspecified atom stereocenters. The maximum absolute atomic E-state index is 11.2. The zero-order valence-corrected chi connectivity index (χ0v) is 19.8. The summed E-state index contributed by atoms with van der Waals surface area (Å²) in [7, 11) is 1.62. The van der Waals surface area contributed by atoms with Crippen molar-refractivity contribution >= 4 is 18.0 Å². The number of carbonyl (C=O) groups excluding carboxylic acids is 1. The molecule has 0 saturated heterocycles. The zero-order valence-electron chi connectivity index (χ0n) is 19.8. The first-order valence-electron chi connectivity index (χ1n) is 11.2. The summed E-state index contributed by atoms with van der Waals surface area (Å²) < 4.78 is 16.2. The number of carbonyl (C=O) groups is 1. The van der Waals surface area contributed by atoms with Gasteiger partial charge in [0.15, 0.2) is 0 Å². The molecule has 1 aromatic carbocycles. The standard InChI is InChI=1S/C26H37NO5/c1-5-27(13-16-31-20-30-4)24-10-7-21(8-11-24)6-9-22-18-26(2,3)19-23(12-14-28)25(22)32-17-15-29/h6-12,14,29H,5,13,15-20H2,1-4H3/b9-6+,23-12+. The highest BCUT2D eigenvalue weighted by atomic mass is 16.7. The fourth-order valence-electron chi connectivity index (χ4n) is 3.92. The molecule has 0 spiro atoms. The summed E-state index contributed by atoms with van der Waals surface area (Å²) in [5.41, 5.74) is 4.17. The molecule has 0 amide bonds. The minimum Gasteiger partial charge on any atom is -0.491 e. The van der Waals surface area contributed by atoms with Crippen LogP contribution < -0.4 is 4.90 Å². The summed E-state index contributed by atoms with van der Waals surface area (Å²) >= 11 is 0. The summed E-state index contributed by atoms with van der Waals surface area (Å²) in [4.78, 5) is 13.4. The lowest BCUT2D eigenvalue weighted by Gasteiger charge is -2.33. The van der Waals surface area contributed by atoms with Crippen molar-refractivity contribution in [2.45, 2.75) is 33.6 Å². The number of benzene rings is 1. The Morgan fingerprint density at radius 1 is 1.12 bits per heavy atom. The first-order valence-corrected chi connectivity index (χ1v) is 11.2. The van der Waals surface area contributed by atoms with Gasteiger partial charge in [0.25, 0.3) is 0 Å². The molecule has 2 rings (SSSR count). The van der Waals surface area contributed by atoms with Gasteiger partial charge in [0, 0.05) is 25.9 Å². The van der Waals surface area contributed by atoms with E-state index in [-0.39, 0.29) is 18.6 Å². The lowest BCUT2D eigenvalue weighted by Crippen LogP contribution is -2.27. The second kappa shape index (κ2) is 13.2. The molecule has 6 heteroatoms. The Morgan fingerprint density at radius 3 is 2.50 bits per heavy atom. The quantitative estimate of drug-likeness (QED) is 0.212. The van der Waals surface area contributed by atoms with E-state index in [2.05, 4.69) is 62.1 Å². The van der Waals surface area contributed by atoms with E-state index < -0.39 is 0 Å². The van der Waals surface area contributed by atoms with Crippen molar-refractivity contribution < 1.29 is 24.1 Å². The van der Waals surface area contributed by atoms with Crippen molar-refractivity contribution in [3.8, 4) is 0 Å². The van der Waals surface area contributed by atoms with Gasteiger partial charge in [0.05, 0.1) is 13.2 Å². The molecular weight excluding hydrogens is 406 g/mol. The van der Waals surface area contributed by atoms with Crippen molar-refractivity contribution in [3.05, 3.63) is 58.9 Å². The number of aliphatic hydroxyl groups excluding tert-OH is 1. The maximum Gasteiger partial charge on any atom is 0.146 e. The van der Waals surface area contributed by atoms with E-state index in [9.17, 15) is 9.90 Å². The number of rotatable bonds is 13. The van der Waals surface area contributed by atoms with E-state index in [1.165, 1.54) is 0 Å². The van der Waals surface area contributed by atoms with E-state index >= 15 is 0 Å². The Hall–Kier alpha value is -2.41. The number of likely N-dealkylation sites (N-methyl/N-ethyl adjacent to an activating group) is 1. The van der Waals surface area contributed by atoms with Crippen molar-refractivity contribution in [1.29, 1.82) is 0 Å². The topological polar surface area (TPSA) is 68.2 Å². The van der Waals surface area contributed by atoms with Crippen LogP contribution in [0.5, 0.6) is 0 Å². The van der Waals surface area contributed by atoms with Gasteiger partial charge >= 0.3 is 0 Å². The van der Waals surface area contributed by atoms with Crippen LogP contribution in [0.25, 0.3) is 6.08 Å². The summed E-state index contributed by atoms with van der Waals surface area (Å²) in [6.45, 7) is 9.25. The number of allylic oxidation sites excluding steroid dienone is 4. The fraction of sp³-hybridized carbons (Fsp3) is 0.500. The number of hydrogen-bond acceptors (Lipinski definition) is 6. The predicted molar refractivity (Wildman–Crippen MR) is 128 cm³/mol. The SMILES string of the molecule is CCN(CCOCOC)c1ccc(/C=C/C2=C(OCCO)C(=C/C=O)/CC(C)(C)C2)cc1. The van der Waals surface area contributed by atoms with Crippen LogP contribution in [0.3, 0.4) is 0 Å². The Morgan fingerprint density at radius 2 is 1.88 bits per heavy atom. The normalized spacial score (nSPS) is 17.2. The maximum atomic E-state index is 11.2. The number of ether oxygens (including phenoxy) is 3. The Bertz CT molecular complexity index is 808. The molecule has 32 heavy (non-hydrogen) atoms. The van der Waals surface area contributed by atoms with Crippen LogP contribution in [0, 0.1) is 5.41 Å². The largest absolute Gasteiger partial charge is 0.491 e. The molecule has 6 nitrogen and oxygen atoms in total. The molecule has 0 bridgehead atoms. The molecule has 1 aromatic rings. The van der Waals surface area contributed by atoms with Crippen LogP contribution in [-0.4, -0.2) is 58.2 Å². The smallest absolute Gasteiger partial charge is 0.146 e. The molecule has 0 fully saturated rings. The molecule has 0 heterocycles. The van der Waals surface area contributed by atoms with Gasteiger partial charge in [-0.25, -0.2) is 0 Å². The number of hydrogen-bond donors (Lipinski definition) is 1. The summed E-state index contributed by atoms with van der Waals surface area (Å²) in [6, 6.07) is 8.41. The van der Waals surface area contributed by atoms with Crippen molar-refractivity contribution in [2.24, 2.45) is 5.41 Å². The highest BCUT2D eigenvalue weighted by Gasteiger charge is 2.30. The molecule has 0 saturated carbocycles. The number of aliphatic hydroxyl groups is 1. The van der Waals surface area contributed by atoms with Crippen LogP contribution >= 0.6 is 0 Å². The van der Waals surface area contributed by atoms with Crippen LogP contribution in [0.4, 0.5) is 5.69 Å². The van der Waals surface area contributed by atoms with Crippen molar-refractivity contribution in [1.82, 2.24) is 0 Å². The van der Waals surface area contributed by atoms with Crippen molar-refractivity contribution in [3.63, 3.8) is 0 Å². The molecule has 0 aromatic heterocycles. The second-order valence-corrected chi connectivity index (χ2v) is 8.59. The molecule has 1 aliphatic rings. The van der Waals surface area contributed by atoms with E-state index in [0.717, 1.165) is 54.6 Å². The van der Waals surface area contributed by atoms with Crippen LogP contribution in [0.1, 0.15) is 39.2 Å². The van der Waals surface area contributed by atoms with E-state index in [0.29, 0.717) is 19.2 Å². The third kappa shape index (κ3) is 7.93. The minimum absolute atomic E-state index is 0.0248. The van der Waals surface area contributed by atoms with Gasteiger partial charge in [-0.15, -0.1) is 0 Å². The highest BCUT2D eigenvalue weighted by Crippen LogP contribution is 2.42. The Labute approximate surface area is 192 Å². The van der Waals surface area contributed by atoms with Crippen molar-refractivity contribution in [2.75, 3.05) is 51.7 Å². The van der Waals surface area contributed by atoms with Gasteiger partial charge in [0.1, 0.15) is 25.4 Å². The number of nitrogens with zero attached hydrogens (tertiary/aromatic N) is 1. The molecule has 0 aliphatic heterocycles. The van der Waals surface area contributed by atoms with Gasteiger partial charge < -0.3 is 24.2 Å². The van der Waals surface area contributed by atoms with Gasteiger partial charge in [0.2, 0.25) is 0 Å². The van der Waals surface area contributed by atoms with Gasteiger partial charge in [-0.1, -0.05) is 38.1 Å². The highest BCUT2D eigenvalue weighted by molar-refractivity contribution is 5.69. The summed E-state index contributed by atoms with van der Waals surface area (Å²) in [5, 5.41) is 9.21. The Kier molecular flexibility index (Phi) is 10.7. The van der Waals surface area contributed by atoms with Crippen LogP contribution in [0.2, 0.25) is 0 Å².